The van der Waals surface area contributed by atoms with Gasteiger partial charge in [0.1, 0.15) is 23.3 Å². The number of nitrogens with one attached hydrogen (secondary N) is 1. The lowest BCUT2D eigenvalue weighted by Crippen LogP contribution is -2.10. The molecule has 0 amide bonds. The summed E-state index contributed by atoms with van der Waals surface area (Å²) in [6, 6.07) is 12.0. The second kappa shape index (κ2) is 5.96. The van der Waals surface area contributed by atoms with Crippen LogP contribution in [0.5, 0.6) is 5.75 Å². The smallest absolute Gasteiger partial charge is 0.216 e. The van der Waals surface area contributed by atoms with Crippen molar-refractivity contribution in [2.24, 2.45) is 0 Å². The zero-order chi connectivity index (χ0) is 16.4. The Bertz CT molecular complexity index is 943. The van der Waals surface area contributed by atoms with E-state index in [1.54, 1.807) is 49.6 Å². The number of carbonyl (C=O) groups excluding carboxylic acids is 1. The number of rotatable bonds is 4. The number of anilines is 2. The lowest BCUT2D eigenvalue weighted by Gasteiger charge is -2.10. The van der Waals surface area contributed by atoms with Crippen LogP contribution in [-0.4, -0.2) is 12.9 Å². The van der Waals surface area contributed by atoms with Crippen molar-refractivity contribution in [1.29, 1.82) is 0 Å². The lowest BCUT2D eigenvalue weighted by atomic mass is 10.1. The highest BCUT2D eigenvalue weighted by Crippen LogP contribution is 2.23. The first-order valence-electron chi connectivity index (χ1n) is 7.06. The topological polar surface area (TPSA) is 68.5 Å². The average Bonchev–Trinajstić information content (AvgIpc) is 2.57. The second-order valence-corrected chi connectivity index (χ2v) is 5.07. The van der Waals surface area contributed by atoms with Gasteiger partial charge in [0, 0.05) is 17.3 Å². The predicted octanol–water partition coefficient (Wildman–Crippen LogP) is 3.75. The van der Waals surface area contributed by atoms with Crippen molar-refractivity contribution in [3.63, 3.8) is 0 Å². The molecule has 0 aliphatic rings. The number of hydrogen-bond acceptors (Lipinski definition) is 5. The maximum absolute atomic E-state index is 12.6. The molecule has 1 heterocycles. The maximum atomic E-state index is 12.6. The van der Waals surface area contributed by atoms with Gasteiger partial charge in [-0.15, -0.1) is 0 Å². The van der Waals surface area contributed by atoms with Crippen molar-refractivity contribution in [2.45, 2.75) is 6.92 Å². The SMILES string of the molecule is COc1ccc2c(=O)c(Nc3ccccc3C(C)=O)coc2c1. The lowest BCUT2D eigenvalue weighted by molar-refractivity contribution is 0.101. The summed E-state index contributed by atoms with van der Waals surface area (Å²) in [7, 11) is 1.55. The molecule has 3 rings (SSSR count). The first kappa shape index (κ1) is 14.8. The van der Waals surface area contributed by atoms with Crippen molar-refractivity contribution in [3.8, 4) is 5.75 Å². The minimum absolute atomic E-state index is 0.0805. The van der Waals surface area contributed by atoms with Crippen LogP contribution < -0.4 is 15.5 Å². The van der Waals surface area contributed by atoms with Gasteiger partial charge in [0.2, 0.25) is 5.43 Å². The Morgan fingerprint density at radius 2 is 1.91 bits per heavy atom. The third kappa shape index (κ3) is 2.81. The summed E-state index contributed by atoms with van der Waals surface area (Å²) < 4.78 is 10.6. The van der Waals surface area contributed by atoms with Crippen LogP contribution in [0.1, 0.15) is 17.3 Å². The van der Waals surface area contributed by atoms with Gasteiger partial charge in [-0.1, -0.05) is 12.1 Å². The summed E-state index contributed by atoms with van der Waals surface area (Å²) >= 11 is 0. The van der Waals surface area contributed by atoms with Gasteiger partial charge in [-0.3, -0.25) is 9.59 Å². The van der Waals surface area contributed by atoms with Gasteiger partial charge in [0.15, 0.2) is 5.78 Å². The van der Waals surface area contributed by atoms with Crippen molar-refractivity contribution in [2.75, 3.05) is 12.4 Å². The molecule has 5 nitrogen and oxygen atoms in total. The Labute approximate surface area is 132 Å². The molecule has 1 aromatic heterocycles. The number of fused-ring (bicyclic) bond motifs is 1. The van der Waals surface area contributed by atoms with E-state index in [4.69, 9.17) is 9.15 Å². The van der Waals surface area contributed by atoms with E-state index in [1.807, 2.05) is 0 Å². The van der Waals surface area contributed by atoms with Crippen LogP contribution in [0.15, 0.2) is 57.9 Å². The summed E-state index contributed by atoms with van der Waals surface area (Å²) in [4.78, 5) is 24.2. The normalized spacial score (nSPS) is 10.5. The molecule has 1 N–H and O–H groups in total. The molecule has 0 atom stereocenters. The monoisotopic (exact) mass is 309 g/mol. The molecule has 0 spiro atoms. The molecule has 0 unspecified atom stereocenters. The van der Waals surface area contributed by atoms with Gasteiger partial charge >= 0.3 is 0 Å². The molecule has 2 aromatic carbocycles. The zero-order valence-corrected chi connectivity index (χ0v) is 12.8. The number of para-hydroxylation sites is 1. The van der Waals surface area contributed by atoms with Crippen LogP contribution in [0, 0.1) is 0 Å². The second-order valence-electron chi connectivity index (χ2n) is 5.07. The van der Waals surface area contributed by atoms with E-state index >= 15 is 0 Å². The number of hydrogen-bond donors (Lipinski definition) is 1. The molecule has 0 bridgehead atoms. The molecule has 0 radical (unpaired) electrons. The number of carbonyl (C=O) groups is 1. The van der Waals surface area contributed by atoms with E-state index in [0.717, 1.165) is 0 Å². The zero-order valence-electron chi connectivity index (χ0n) is 12.8. The average molecular weight is 309 g/mol. The van der Waals surface area contributed by atoms with Gasteiger partial charge in [0.05, 0.1) is 12.5 Å². The summed E-state index contributed by atoms with van der Waals surface area (Å²) in [5.74, 6) is 0.534. The number of benzene rings is 2. The number of Topliss-reactive ketones (excluding diaryl/α,β-unsaturated/α-hetero) is 1. The van der Waals surface area contributed by atoms with E-state index in [1.165, 1.54) is 13.2 Å². The van der Waals surface area contributed by atoms with Crippen LogP contribution in [0.4, 0.5) is 11.4 Å². The highest BCUT2D eigenvalue weighted by Gasteiger charge is 2.11. The third-order valence-corrected chi connectivity index (χ3v) is 3.56. The fourth-order valence-electron chi connectivity index (χ4n) is 2.37. The highest BCUT2D eigenvalue weighted by atomic mass is 16.5. The molecule has 23 heavy (non-hydrogen) atoms. The molecule has 0 saturated carbocycles. The van der Waals surface area contributed by atoms with E-state index in [2.05, 4.69) is 5.32 Å². The van der Waals surface area contributed by atoms with Gasteiger partial charge < -0.3 is 14.5 Å². The Morgan fingerprint density at radius 1 is 1.13 bits per heavy atom. The van der Waals surface area contributed by atoms with Crippen LogP contribution in [-0.2, 0) is 0 Å². The fraction of sp³-hybridized carbons (Fsp3) is 0.111. The van der Waals surface area contributed by atoms with E-state index in [0.29, 0.717) is 28.0 Å². The molecule has 0 aliphatic carbocycles. The molecule has 5 heteroatoms. The molecule has 3 aromatic rings. The minimum Gasteiger partial charge on any atom is -0.497 e. The fourth-order valence-corrected chi connectivity index (χ4v) is 2.37. The number of ether oxygens (including phenoxy) is 1. The number of ketones is 1. The van der Waals surface area contributed by atoms with Crippen LogP contribution in [0.2, 0.25) is 0 Å². The Morgan fingerprint density at radius 3 is 2.65 bits per heavy atom. The minimum atomic E-state index is -0.202. The van der Waals surface area contributed by atoms with Crippen LogP contribution in [0.3, 0.4) is 0 Å². The maximum Gasteiger partial charge on any atom is 0.216 e. The van der Waals surface area contributed by atoms with E-state index < -0.39 is 0 Å². The van der Waals surface area contributed by atoms with Crippen molar-refractivity contribution >= 4 is 28.1 Å². The van der Waals surface area contributed by atoms with Crippen molar-refractivity contribution in [1.82, 2.24) is 0 Å². The Balaban J connectivity index is 2.07. The summed E-state index contributed by atoms with van der Waals surface area (Å²) in [5.41, 5.74) is 1.60. The van der Waals surface area contributed by atoms with Crippen molar-refractivity contribution in [3.05, 3.63) is 64.5 Å². The molecule has 0 fully saturated rings. The van der Waals surface area contributed by atoms with Crippen LogP contribution in [0.25, 0.3) is 11.0 Å². The van der Waals surface area contributed by atoms with Crippen molar-refractivity contribution < 1.29 is 13.9 Å². The first-order chi connectivity index (χ1) is 11.1. The highest BCUT2D eigenvalue weighted by molar-refractivity contribution is 6.00. The molecule has 0 aliphatic heterocycles. The quantitative estimate of drug-likeness (QED) is 0.743. The molecular weight excluding hydrogens is 294 g/mol. The summed E-state index contributed by atoms with van der Waals surface area (Å²) in [6.07, 6.45) is 1.35. The van der Waals surface area contributed by atoms with Gasteiger partial charge in [-0.2, -0.15) is 0 Å². The van der Waals surface area contributed by atoms with E-state index in [-0.39, 0.29) is 16.9 Å². The van der Waals surface area contributed by atoms with Gasteiger partial charge in [0.25, 0.3) is 0 Å². The Kier molecular flexibility index (Phi) is 3.85. The third-order valence-electron chi connectivity index (χ3n) is 3.56. The molecule has 116 valence electrons. The number of methoxy groups -OCH3 is 1. The summed E-state index contributed by atoms with van der Waals surface area (Å²) in [6.45, 7) is 1.48. The summed E-state index contributed by atoms with van der Waals surface area (Å²) in [5, 5.41) is 3.43. The Hall–Kier alpha value is -3.08. The molecular formula is C18H15NO4. The van der Waals surface area contributed by atoms with Gasteiger partial charge in [-0.25, -0.2) is 0 Å². The molecule has 0 saturated heterocycles. The van der Waals surface area contributed by atoms with E-state index in [9.17, 15) is 9.59 Å². The first-order valence-corrected chi connectivity index (χ1v) is 7.06. The predicted molar refractivity (Wildman–Crippen MR) is 88.8 cm³/mol. The van der Waals surface area contributed by atoms with Gasteiger partial charge in [-0.05, 0) is 31.2 Å². The largest absolute Gasteiger partial charge is 0.497 e. The standard InChI is InChI=1S/C18H15NO4/c1-11(20)13-5-3-4-6-15(13)19-16-10-23-17-9-12(22-2)7-8-14(17)18(16)21/h3-10,19H,1-2H3. The van der Waals surface area contributed by atoms with Crippen LogP contribution >= 0.6 is 0 Å².